The fraction of sp³-hybridized carbons (Fsp3) is 0.692. The molecule has 192 valence electrons. The molecule has 1 aromatic rings. The first-order valence-electron chi connectivity index (χ1n) is 12.6. The molecule has 3 N–H and O–H groups in total. The van der Waals surface area contributed by atoms with Crippen molar-refractivity contribution in [2.45, 2.75) is 89.8 Å². The van der Waals surface area contributed by atoms with Crippen LogP contribution in [0.4, 0.5) is 4.79 Å². The zero-order valence-corrected chi connectivity index (χ0v) is 21.7. The van der Waals surface area contributed by atoms with Crippen LogP contribution in [0.25, 0.3) is 6.20 Å². The molecule has 9 nitrogen and oxygen atoms in total. The Hall–Kier alpha value is -2.84. The summed E-state index contributed by atoms with van der Waals surface area (Å²) in [6.07, 6.45) is 9.89. The number of ether oxygens (including phenoxy) is 1. The van der Waals surface area contributed by atoms with Gasteiger partial charge in [-0.25, -0.2) is 9.48 Å². The van der Waals surface area contributed by atoms with Crippen LogP contribution in [0.15, 0.2) is 12.3 Å². The average Bonchev–Trinajstić information content (AvgIpc) is 3.17. The van der Waals surface area contributed by atoms with Gasteiger partial charge in [-0.3, -0.25) is 9.59 Å². The summed E-state index contributed by atoms with van der Waals surface area (Å²) in [7, 11) is 1.33. The molecule has 9 heteroatoms. The first kappa shape index (κ1) is 25.3. The predicted octanol–water partition coefficient (Wildman–Crippen LogP) is 3.43. The fourth-order valence-electron chi connectivity index (χ4n) is 6.87. The number of alkyl carbamates (subject to hydrolysis) is 1. The normalized spacial score (nSPS) is 29.5. The lowest BCUT2D eigenvalue weighted by Crippen LogP contribution is -2.66. The Balaban J connectivity index is 1.50. The number of amides is 3. The number of methoxy groups -OCH3 is 1. The molecule has 2 atom stereocenters. The van der Waals surface area contributed by atoms with Gasteiger partial charge in [0.05, 0.1) is 30.1 Å². The Morgan fingerprint density at radius 3 is 2.43 bits per heavy atom. The van der Waals surface area contributed by atoms with Crippen molar-refractivity contribution in [2.24, 2.45) is 17.8 Å². The molecular weight excluding hydrogens is 446 g/mol. The number of rotatable bonds is 7. The minimum atomic E-state index is -0.653. The van der Waals surface area contributed by atoms with Crippen LogP contribution in [0.1, 0.15) is 88.7 Å². The number of aromatic nitrogens is 2. The van der Waals surface area contributed by atoms with Gasteiger partial charge in [-0.05, 0) is 75.7 Å². The van der Waals surface area contributed by atoms with E-state index >= 15 is 0 Å². The minimum Gasteiger partial charge on any atom is -0.453 e. The van der Waals surface area contributed by atoms with E-state index in [1.165, 1.54) is 7.11 Å². The number of carbonyl (C=O) groups excluding carboxylic acids is 3. The fourth-order valence-corrected chi connectivity index (χ4v) is 6.87. The van der Waals surface area contributed by atoms with E-state index in [9.17, 15) is 14.4 Å². The van der Waals surface area contributed by atoms with E-state index in [1.807, 2.05) is 33.8 Å². The number of nitrogens with one attached hydrogen (secondary N) is 3. The zero-order chi connectivity index (χ0) is 25.5. The van der Waals surface area contributed by atoms with Crippen LogP contribution in [0.3, 0.4) is 0 Å². The van der Waals surface area contributed by atoms with Gasteiger partial charge in [0.1, 0.15) is 0 Å². The van der Waals surface area contributed by atoms with E-state index in [1.54, 1.807) is 24.0 Å². The maximum Gasteiger partial charge on any atom is 0.407 e. The van der Waals surface area contributed by atoms with E-state index in [0.29, 0.717) is 23.3 Å². The third-order valence-corrected chi connectivity index (χ3v) is 7.88. The summed E-state index contributed by atoms with van der Waals surface area (Å²) < 4.78 is 6.40. The number of hydrogen-bond acceptors (Lipinski definition) is 5. The molecule has 0 aliphatic heterocycles. The summed E-state index contributed by atoms with van der Waals surface area (Å²) in [6.45, 7) is 9.38. The summed E-state index contributed by atoms with van der Waals surface area (Å²) >= 11 is 0. The first-order chi connectivity index (χ1) is 16.4. The molecular formula is C26H39N5O4. The van der Waals surface area contributed by atoms with Crippen molar-refractivity contribution in [2.75, 3.05) is 7.11 Å². The Morgan fingerprint density at radius 2 is 1.86 bits per heavy atom. The first-order valence-corrected chi connectivity index (χ1v) is 12.6. The van der Waals surface area contributed by atoms with Gasteiger partial charge in [0.2, 0.25) is 5.91 Å². The van der Waals surface area contributed by atoms with Crippen LogP contribution >= 0.6 is 0 Å². The van der Waals surface area contributed by atoms with Crippen LogP contribution in [0.5, 0.6) is 0 Å². The second kappa shape index (κ2) is 9.32. The Morgan fingerprint density at radius 1 is 1.20 bits per heavy atom. The van der Waals surface area contributed by atoms with Crippen molar-refractivity contribution in [3.05, 3.63) is 23.5 Å². The van der Waals surface area contributed by atoms with Gasteiger partial charge >= 0.3 is 6.09 Å². The molecule has 5 rings (SSSR count). The summed E-state index contributed by atoms with van der Waals surface area (Å²) in [4.78, 5) is 36.9. The molecule has 1 heterocycles. The molecule has 4 aliphatic rings. The van der Waals surface area contributed by atoms with Crippen molar-refractivity contribution < 1.29 is 19.1 Å². The third kappa shape index (κ3) is 5.23. The highest BCUT2D eigenvalue weighted by Crippen LogP contribution is 2.55. The summed E-state index contributed by atoms with van der Waals surface area (Å²) in [5, 5.41) is 13.8. The molecule has 4 saturated carbocycles. The molecule has 4 bridgehead atoms. The van der Waals surface area contributed by atoms with E-state index in [0.717, 1.165) is 37.8 Å². The molecule has 4 fully saturated rings. The molecule has 0 radical (unpaired) electrons. The van der Waals surface area contributed by atoms with Crippen molar-refractivity contribution in [3.63, 3.8) is 0 Å². The Kier molecular flexibility index (Phi) is 6.72. The lowest BCUT2D eigenvalue weighted by molar-refractivity contribution is -0.125. The van der Waals surface area contributed by atoms with Gasteiger partial charge in [0.15, 0.2) is 0 Å². The Bertz CT molecular complexity index is 1010. The number of nitrogens with zero attached hydrogens (tertiary/aromatic N) is 2. The van der Waals surface area contributed by atoms with E-state index in [2.05, 4.69) is 21.0 Å². The average molecular weight is 486 g/mol. The van der Waals surface area contributed by atoms with E-state index in [4.69, 9.17) is 4.74 Å². The second-order valence-corrected chi connectivity index (χ2v) is 11.6. The highest BCUT2D eigenvalue weighted by atomic mass is 16.5. The largest absolute Gasteiger partial charge is 0.453 e. The molecule has 3 amide bonds. The minimum absolute atomic E-state index is 0.0412. The van der Waals surface area contributed by atoms with Crippen LogP contribution in [-0.2, 0) is 9.53 Å². The second-order valence-electron chi connectivity index (χ2n) is 11.6. The van der Waals surface area contributed by atoms with Gasteiger partial charge in [0.25, 0.3) is 5.91 Å². The molecule has 0 aromatic carbocycles. The van der Waals surface area contributed by atoms with Gasteiger partial charge in [-0.2, -0.15) is 5.10 Å². The standard InChI is InChI=1S/C26H39N5O4/c1-15(2)22-20(14-27-31(22)8-7-25(4,5)30-24(34)35-6)23(33)28-21-18-9-17-10-19(21)13-26(11-17,12-18)29-16(3)32/h7-8,14-15,17-19,21H,9-13H2,1-6H3,(H,28,33)(H,29,32)(H,30,34)/b8-7+/t17?,18?,19?,21-,26-. The van der Waals surface area contributed by atoms with Gasteiger partial charge < -0.3 is 20.7 Å². The van der Waals surface area contributed by atoms with Gasteiger partial charge in [0, 0.05) is 24.7 Å². The maximum atomic E-state index is 13.5. The van der Waals surface area contributed by atoms with Gasteiger partial charge in [-0.15, -0.1) is 0 Å². The number of carbonyl (C=O) groups is 3. The molecule has 1 aromatic heterocycles. The third-order valence-electron chi connectivity index (χ3n) is 7.88. The lowest BCUT2D eigenvalue weighted by atomic mass is 9.51. The highest BCUT2D eigenvalue weighted by Gasteiger charge is 2.56. The molecule has 0 spiro atoms. The molecule has 4 aliphatic carbocycles. The number of hydrogen-bond donors (Lipinski definition) is 3. The smallest absolute Gasteiger partial charge is 0.407 e. The van der Waals surface area contributed by atoms with E-state index < -0.39 is 11.6 Å². The maximum absolute atomic E-state index is 13.5. The monoisotopic (exact) mass is 485 g/mol. The van der Waals surface area contributed by atoms with Gasteiger partial charge in [-0.1, -0.05) is 13.8 Å². The quantitative estimate of drug-likeness (QED) is 0.548. The van der Waals surface area contributed by atoms with Crippen LogP contribution < -0.4 is 16.0 Å². The SMILES string of the molecule is COC(=O)NC(C)(C)/C=C/n1ncc(C(=O)N[C@H]2C3CC4CC2C[C@](NC(C)=O)(C4)C3)c1C(C)C. The summed E-state index contributed by atoms with van der Waals surface area (Å²) in [5.41, 5.74) is 0.660. The van der Waals surface area contributed by atoms with Crippen molar-refractivity contribution in [1.82, 2.24) is 25.7 Å². The lowest BCUT2D eigenvalue weighted by Gasteiger charge is -2.60. The van der Waals surface area contributed by atoms with Crippen molar-refractivity contribution >= 4 is 24.1 Å². The van der Waals surface area contributed by atoms with Crippen molar-refractivity contribution in [1.29, 1.82) is 0 Å². The highest BCUT2D eigenvalue weighted by molar-refractivity contribution is 5.95. The summed E-state index contributed by atoms with van der Waals surface area (Å²) in [5.74, 6) is 1.43. The van der Waals surface area contributed by atoms with Crippen LogP contribution in [0, 0.1) is 17.8 Å². The van der Waals surface area contributed by atoms with Crippen molar-refractivity contribution in [3.8, 4) is 0 Å². The molecule has 35 heavy (non-hydrogen) atoms. The Labute approximate surface area is 207 Å². The predicted molar refractivity (Wildman–Crippen MR) is 133 cm³/mol. The molecule has 2 unspecified atom stereocenters. The molecule has 0 saturated heterocycles. The summed E-state index contributed by atoms with van der Waals surface area (Å²) in [6, 6.07) is 0.128. The van der Waals surface area contributed by atoms with E-state index in [-0.39, 0.29) is 29.3 Å². The zero-order valence-electron chi connectivity index (χ0n) is 21.7. The topological polar surface area (TPSA) is 114 Å². The van der Waals surface area contributed by atoms with Crippen LogP contribution in [-0.4, -0.2) is 51.9 Å². The van der Waals surface area contributed by atoms with Crippen LogP contribution in [0.2, 0.25) is 0 Å².